The van der Waals surface area contributed by atoms with E-state index in [-0.39, 0.29) is 0 Å². The van der Waals surface area contributed by atoms with Crippen molar-refractivity contribution in [3.8, 4) is 33.6 Å². The number of aromatic nitrogens is 2. The Morgan fingerprint density at radius 1 is 0.421 bits per heavy atom. The van der Waals surface area contributed by atoms with E-state index < -0.39 is 0 Å². The summed E-state index contributed by atoms with van der Waals surface area (Å²) in [6.45, 7) is 8.80. The normalized spacial score (nSPS) is 14.0. The van der Waals surface area contributed by atoms with Gasteiger partial charge in [0, 0.05) is 38.7 Å². The van der Waals surface area contributed by atoms with Crippen LogP contribution in [-0.2, 0) is 6.42 Å². The van der Waals surface area contributed by atoms with Gasteiger partial charge >= 0.3 is 0 Å². The summed E-state index contributed by atoms with van der Waals surface area (Å²) in [5.74, 6) is 0.306. The van der Waals surface area contributed by atoms with Crippen LogP contribution in [0.1, 0.15) is 51.3 Å². The first-order valence-electron chi connectivity index (χ1n) is 20.3. The third kappa shape index (κ3) is 5.39. The van der Waals surface area contributed by atoms with E-state index in [0.717, 1.165) is 12.8 Å². The Morgan fingerprint density at radius 2 is 1.04 bits per heavy atom. The molecule has 0 radical (unpaired) electrons. The van der Waals surface area contributed by atoms with E-state index in [4.69, 9.17) is 0 Å². The minimum atomic E-state index is 0.306. The maximum absolute atomic E-state index is 2.48. The average molecular weight is 733 g/mol. The molecule has 11 rings (SSSR count). The Morgan fingerprint density at radius 3 is 1.84 bits per heavy atom. The van der Waals surface area contributed by atoms with Gasteiger partial charge < -0.3 is 9.13 Å². The summed E-state index contributed by atoms with van der Waals surface area (Å²) in [4.78, 5) is 0. The quantitative estimate of drug-likeness (QED) is 0.170. The van der Waals surface area contributed by atoms with Crippen LogP contribution in [0.3, 0.4) is 0 Å². The van der Waals surface area contributed by atoms with Crippen molar-refractivity contribution >= 4 is 43.6 Å². The Labute approximate surface area is 334 Å². The SMILES string of the molecule is Cc1ccc2c(c1)-c1cc(C)ccc1C(c1cccc(-c3ccccc3-n3c4ccccc4c4cc(-n5c6ccc(C)cc6c6cc(C)ccc65)ccc43)c1)CC2. The Bertz CT molecular complexity index is 3180. The topological polar surface area (TPSA) is 9.86 Å². The molecule has 0 amide bonds. The maximum Gasteiger partial charge on any atom is 0.0542 e. The monoisotopic (exact) mass is 732 g/mol. The molecule has 0 saturated carbocycles. The number of aryl methyl sites for hydroxylation is 5. The smallest absolute Gasteiger partial charge is 0.0542 e. The first-order valence-corrected chi connectivity index (χ1v) is 20.3. The highest BCUT2D eigenvalue weighted by molar-refractivity contribution is 6.12. The van der Waals surface area contributed by atoms with E-state index in [1.807, 2.05) is 0 Å². The van der Waals surface area contributed by atoms with Gasteiger partial charge in [-0.25, -0.2) is 0 Å². The van der Waals surface area contributed by atoms with E-state index in [9.17, 15) is 0 Å². The lowest BCUT2D eigenvalue weighted by Gasteiger charge is -2.21. The van der Waals surface area contributed by atoms with Gasteiger partial charge in [-0.2, -0.15) is 0 Å². The molecular formula is C55H44N2. The van der Waals surface area contributed by atoms with Gasteiger partial charge in [-0.05, 0) is 129 Å². The third-order valence-electron chi connectivity index (χ3n) is 12.6. The van der Waals surface area contributed by atoms with Gasteiger partial charge in [-0.15, -0.1) is 0 Å². The molecule has 8 aromatic carbocycles. The number of hydrogen-bond acceptors (Lipinski definition) is 0. The molecule has 10 aromatic rings. The molecule has 2 heteroatoms. The second kappa shape index (κ2) is 13.0. The van der Waals surface area contributed by atoms with Crippen molar-refractivity contribution in [1.82, 2.24) is 9.13 Å². The second-order valence-electron chi connectivity index (χ2n) is 16.4. The van der Waals surface area contributed by atoms with Crippen LogP contribution in [0.2, 0.25) is 0 Å². The number of benzene rings is 8. The lowest BCUT2D eigenvalue weighted by atomic mass is 9.84. The fourth-order valence-corrected chi connectivity index (χ4v) is 9.89. The van der Waals surface area contributed by atoms with Gasteiger partial charge in [0.25, 0.3) is 0 Å². The van der Waals surface area contributed by atoms with Crippen molar-refractivity contribution in [2.45, 2.75) is 46.5 Å². The standard InChI is InChI=1S/C55H44N2/c1-34-16-20-38-21-24-42(44-23-17-35(2)29-47(44)46(38)28-34)39-10-9-11-40(32-39)43-12-5-7-14-51(43)57-52-15-8-6-13-45(52)50-33-41(22-27-55(50)57)56-53-25-18-36(3)30-48(53)49-31-37(4)19-26-54(49)56/h5-20,22-23,25-33,42H,21,24H2,1-4H3. The van der Waals surface area contributed by atoms with Crippen molar-refractivity contribution in [3.63, 3.8) is 0 Å². The van der Waals surface area contributed by atoms with E-state index >= 15 is 0 Å². The number of para-hydroxylation sites is 2. The molecule has 2 nitrogen and oxygen atoms in total. The van der Waals surface area contributed by atoms with Crippen LogP contribution >= 0.6 is 0 Å². The van der Waals surface area contributed by atoms with Gasteiger partial charge in [0.05, 0.1) is 27.8 Å². The zero-order valence-corrected chi connectivity index (χ0v) is 33.0. The molecule has 0 fully saturated rings. The largest absolute Gasteiger partial charge is 0.309 e. The highest BCUT2D eigenvalue weighted by Gasteiger charge is 2.25. The average Bonchev–Trinajstić information content (AvgIpc) is 3.67. The zero-order chi connectivity index (χ0) is 38.4. The van der Waals surface area contributed by atoms with Gasteiger partial charge in [0.15, 0.2) is 0 Å². The molecule has 0 saturated heterocycles. The first kappa shape index (κ1) is 33.7. The predicted molar refractivity (Wildman–Crippen MR) is 242 cm³/mol. The minimum absolute atomic E-state index is 0.306. The van der Waals surface area contributed by atoms with Crippen molar-refractivity contribution in [3.05, 3.63) is 203 Å². The molecule has 0 spiro atoms. The Kier molecular flexibility index (Phi) is 7.66. The summed E-state index contributed by atoms with van der Waals surface area (Å²) >= 11 is 0. The van der Waals surface area contributed by atoms with Crippen molar-refractivity contribution in [1.29, 1.82) is 0 Å². The predicted octanol–water partition coefficient (Wildman–Crippen LogP) is 14.5. The van der Waals surface area contributed by atoms with Crippen LogP contribution in [0.25, 0.3) is 77.2 Å². The lowest BCUT2D eigenvalue weighted by molar-refractivity contribution is 0.726. The number of nitrogens with zero attached hydrogens (tertiary/aromatic N) is 2. The van der Waals surface area contributed by atoms with Crippen molar-refractivity contribution in [2.75, 3.05) is 0 Å². The van der Waals surface area contributed by atoms with Gasteiger partial charge in [-0.1, -0.05) is 131 Å². The van der Waals surface area contributed by atoms with E-state index in [0.29, 0.717) is 5.92 Å². The van der Waals surface area contributed by atoms with E-state index in [1.165, 1.54) is 116 Å². The highest BCUT2D eigenvalue weighted by atomic mass is 15.0. The summed E-state index contributed by atoms with van der Waals surface area (Å²) in [6, 6.07) is 62.1. The van der Waals surface area contributed by atoms with Gasteiger partial charge in [-0.3, -0.25) is 0 Å². The molecule has 1 aliphatic rings. The number of hydrogen-bond donors (Lipinski definition) is 0. The number of rotatable bonds is 4. The van der Waals surface area contributed by atoms with Crippen LogP contribution in [0.4, 0.5) is 0 Å². The molecule has 0 bridgehead atoms. The van der Waals surface area contributed by atoms with E-state index in [1.54, 1.807) is 0 Å². The molecule has 0 aliphatic heterocycles. The maximum atomic E-state index is 2.48. The molecule has 1 atom stereocenters. The molecule has 1 unspecified atom stereocenters. The van der Waals surface area contributed by atoms with Crippen LogP contribution in [0.15, 0.2) is 164 Å². The van der Waals surface area contributed by atoms with Crippen LogP contribution in [0.5, 0.6) is 0 Å². The van der Waals surface area contributed by atoms with Gasteiger partial charge in [0.1, 0.15) is 0 Å². The Balaban J connectivity index is 1.07. The highest BCUT2D eigenvalue weighted by Crippen LogP contribution is 2.44. The molecule has 2 heterocycles. The number of fused-ring (bicyclic) bond motifs is 9. The Hall–Kier alpha value is -6.64. The first-order chi connectivity index (χ1) is 27.9. The minimum Gasteiger partial charge on any atom is -0.309 e. The van der Waals surface area contributed by atoms with Crippen LogP contribution < -0.4 is 0 Å². The van der Waals surface area contributed by atoms with E-state index in [2.05, 4.69) is 201 Å². The lowest BCUT2D eigenvalue weighted by Crippen LogP contribution is -2.03. The van der Waals surface area contributed by atoms with Crippen LogP contribution in [0, 0.1) is 27.7 Å². The van der Waals surface area contributed by atoms with Crippen molar-refractivity contribution < 1.29 is 0 Å². The molecular weight excluding hydrogens is 689 g/mol. The summed E-state index contributed by atoms with van der Waals surface area (Å²) in [5.41, 5.74) is 22.0. The zero-order valence-electron chi connectivity index (χ0n) is 33.0. The fraction of sp³-hybridized carbons (Fsp3) is 0.127. The summed E-state index contributed by atoms with van der Waals surface area (Å²) in [5, 5.41) is 5.11. The summed E-state index contributed by atoms with van der Waals surface area (Å²) in [7, 11) is 0. The molecule has 0 N–H and O–H groups in total. The molecule has 2 aromatic heterocycles. The summed E-state index contributed by atoms with van der Waals surface area (Å²) in [6.07, 6.45) is 2.14. The molecule has 57 heavy (non-hydrogen) atoms. The molecule has 274 valence electrons. The van der Waals surface area contributed by atoms with Crippen molar-refractivity contribution in [2.24, 2.45) is 0 Å². The van der Waals surface area contributed by atoms with Crippen LogP contribution in [-0.4, -0.2) is 9.13 Å². The second-order valence-corrected chi connectivity index (χ2v) is 16.4. The third-order valence-corrected chi connectivity index (χ3v) is 12.6. The summed E-state index contributed by atoms with van der Waals surface area (Å²) < 4.78 is 4.93. The fourth-order valence-electron chi connectivity index (χ4n) is 9.89. The van der Waals surface area contributed by atoms with Gasteiger partial charge in [0.2, 0.25) is 0 Å². The molecule has 1 aliphatic carbocycles.